The molecule has 118 valence electrons. The van der Waals surface area contributed by atoms with Gasteiger partial charge in [-0.15, -0.1) is 0 Å². The van der Waals surface area contributed by atoms with Crippen LogP contribution in [0.1, 0.15) is 25.8 Å². The highest BCUT2D eigenvalue weighted by atomic mass is 16.5. The summed E-state index contributed by atoms with van der Waals surface area (Å²) in [6.07, 6.45) is 5.33. The van der Waals surface area contributed by atoms with Gasteiger partial charge in [-0.05, 0) is 51.1 Å². The molecule has 1 rings (SSSR count). The van der Waals surface area contributed by atoms with Crippen LogP contribution in [-0.2, 0) is 16.0 Å². The third-order valence-electron chi connectivity index (χ3n) is 3.73. The molecule has 0 fully saturated rings. The van der Waals surface area contributed by atoms with Crippen molar-refractivity contribution in [1.29, 1.82) is 0 Å². The molecule has 0 amide bonds. The molecule has 1 N–H and O–H groups in total. The number of esters is 1. The van der Waals surface area contributed by atoms with Crippen molar-refractivity contribution in [2.75, 3.05) is 33.8 Å². The number of ether oxygens (including phenoxy) is 1. The van der Waals surface area contributed by atoms with Crippen LogP contribution in [0.15, 0.2) is 24.5 Å². The Hall–Kier alpha value is -1.46. The van der Waals surface area contributed by atoms with Crippen molar-refractivity contribution < 1.29 is 9.53 Å². The second kappa shape index (κ2) is 8.74. The molecule has 0 saturated heterocycles. The molecule has 1 atom stereocenters. The van der Waals surface area contributed by atoms with Gasteiger partial charge in [-0.3, -0.25) is 9.78 Å². The summed E-state index contributed by atoms with van der Waals surface area (Å²) in [5, 5.41) is 3.23. The van der Waals surface area contributed by atoms with Crippen molar-refractivity contribution in [1.82, 2.24) is 15.2 Å². The number of nitrogens with zero attached hydrogens (tertiary/aromatic N) is 2. The van der Waals surface area contributed by atoms with Gasteiger partial charge in [0.1, 0.15) is 5.54 Å². The molecule has 0 spiro atoms. The number of methoxy groups -OCH3 is 1. The van der Waals surface area contributed by atoms with E-state index in [0.717, 1.165) is 32.5 Å². The van der Waals surface area contributed by atoms with Crippen LogP contribution in [0.3, 0.4) is 0 Å². The highest BCUT2D eigenvalue weighted by molar-refractivity contribution is 5.80. The first-order chi connectivity index (χ1) is 10.0. The van der Waals surface area contributed by atoms with E-state index in [2.05, 4.69) is 22.2 Å². The summed E-state index contributed by atoms with van der Waals surface area (Å²) in [7, 11) is 3.51. The van der Waals surface area contributed by atoms with E-state index in [0.29, 0.717) is 0 Å². The van der Waals surface area contributed by atoms with Gasteiger partial charge in [-0.25, -0.2) is 0 Å². The highest BCUT2D eigenvalue weighted by Crippen LogP contribution is 2.12. The third-order valence-corrected chi connectivity index (χ3v) is 3.73. The molecule has 0 aliphatic carbocycles. The fraction of sp³-hybridized carbons (Fsp3) is 0.625. The van der Waals surface area contributed by atoms with Crippen molar-refractivity contribution in [2.24, 2.45) is 0 Å². The molecule has 0 saturated carbocycles. The van der Waals surface area contributed by atoms with Gasteiger partial charge in [-0.1, -0.05) is 6.92 Å². The fourth-order valence-electron chi connectivity index (χ4n) is 2.27. The summed E-state index contributed by atoms with van der Waals surface area (Å²) in [5.41, 5.74) is 0.660. The van der Waals surface area contributed by atoms with Crippen LogP contribution in [0, 0.1) is 0 Å². The molecule has 0 radical (unpaired) electrons. The molecule has 0 aromatic carbocycles. The van der Waals surface area contributed by atoms with E-state index in [9.17, 15) is 4.79 Å². The summed E-state index contributed by atoms with van der Waals surface area (Å²) < 4.78 is 4.90. The molecule has 0 bridgehead atoms. The molecule has 1 aromatic heterocycles. The van der Waals surface area contributed by atoms with E-state index in [-0.39, 0.29) is 5.97 Å². The number of aromatic nitrogens is 1. The van der Waals surface area contributed by atoms with E-state index in [4.69, 9.17) is 4.74 Å². The molecule has 5 nitrogen and oxygen atoms in total. The van der Waals surface area contributed by atoms with Crippen LogP contribution in [0.25, 0.3) is 0 Å². The lowest BCUT2D eigenvalue weighted by atomic mass is 9.97. The van der Waals surface area contributed by atoms with E-state index in [1.807, 2.05) is 38.4 Å². The Morgan fingerprint density at radius 3 is 2.62 bits per heavy atom. The number of likely N-dealkylation sites (N-methyl/N-ethyl adjacent to an activating group) is 2. The maximum atomic E-state index is 11.9. The lowest BCUT2D eigenvalue weighted by Gasteiger charge is -2.29. The Balaban J connectivity index is 2.42. The van der Waals surface area contributed by atoms with Gasteiger partial charge in [0, 0.05) is 25.5 Å². The van der Waals surface area contributed by atoms with Crippen molar-refractivity contribution in [3.8, 4) is 0 Å². The zero-order valence-corrected chi connectivity index (χ0v) is 13.6. The molecule has 0 aliphatic heterocycles. The third kappa shape index (κ3) is 5.81. The Bertz CT molecular complexity index is 425. The second-order valence-corrected chi connectivity index (χ2v) is 5.51. The Morgan fingerprint density at radius 2 is 2.05 bits per heavy atom. The maximum absolute atomic E-state index is 11.9. The van der Waals surface area contributed by atoms with E-state index < -0.39 is 5.54 Å². The van der Waals surface area contributed by atoms with Gasteiger partial charge >= 0.3 is 5.97 Å². The second-order valence-electron chi connectivity index (χ2n) is 5.51. The number of hydrogen-bond acceptors (Lipinski definition) is 5. The molecule has 1 aromatic rings. The zero-order chi connectivity index (χ0) is 15.7. The van der Waals surface area contributed by atoms with E-state index in [1.165, 1.54) is 12.7 Å². The van der Waals surface area contributed by atoms with Gasteiger partial charge in [0.05, 0.1) is 7.11 Å². The van der Waals surface area contributed by atoms with Gasteiger partial charge < -0.3 is 15.0 Å². The lowest BCUT2D eigenvalue weighted by molar-refractivity contribution is -0.148. The summed E-state index contributed by atoms with van der Waals surface area (Å²) in [4.78, 5) is 18.2. The maximum Gasteiger partial charge on any atom is 0.325 e. The number of carbonyl (C=O) groups excluding carboxylic acids is 1. The first kappa shape index (κ1) is 17.6. The van der Waals surface area contributed by atoms with Crippen molar-refractivity contribution in [3.63, 3.8) is 0 Å². The Morgan fingerprint density at radius 1 is 1.38 bits per heavy atom. The smallest absolute Gasteiger partial charge is 0.325 e. The van der Waals surface area contributed by atoms with Crippen LogP contribution >= 0.6 is 0 Å². The van der Waals surface area contributed by atoms with Gasteiger partial charge in [-0.2, -0.15) is 0 Å². The van der Waals surface area contributed by atoms with E-state index >= 15 is 0 Å². The minimum atomic E-state index is -0.617. The number of nitrogens with one attached hydrogen (secondary N) is 1. The number of pyridine rings is 1. The van der Waals surface area contributed by atoms with Crippen molar-refractivity contribution >= 4 is 5.97 Å². The Kier molecular flexibility index (Phi) is 7.32. The Labute approximate surface area is 127 Å². The molecule has 0 aliphatic rings. The van der Waals surface area contributed by atoms with Crippen molar-refractivity contribution in [2.45, 2.75) is 32.2 Å². The number of hydrogen-bond donors (Lipinski definition) is 1. The summed E-state index contributed by atoms with van der Waals surface area (Å²) in [6, 6.07) is 4.07. The molecule has 1 heterocycles. The minimum Gasteiger partial charge on any atom is -0.468 e. The first-order valence-corrected chi connectivity index (χ1v) is 7.42. The SMILES string of the molecule is CCNC(C)(CCN(C)CCc1ccncc1)C(=O)OC. The highest BCUT2D eigenvalue weighted by Gasteiger charge is 2.33. The summed E-state index contributed by atoms with van der Waals surface area (Å²) in [6.45, 7) is 6.43. The number of rotatable bonds is 9. The predicted octanol–water partition coefficient (Wildman–Crippen LogP) is 1.49. The van der Waals surface area contributed by atoms with Crippen LogP contribution < -0.4 is 5.32 Å². The minimum absolute atomic E-state index is 0.202. The molecule has 5 heteroatoms. The normalized spacial score (nSPS) is 14.0. The standard InChI is InChI=1S/C16H27N3O2/c1-5-18-16(2,15(20)21-4)9-13-19(3)12-8-14-6-10-17-11-7-14/h6-7,10-11,18H,5,8-9,12-13H2,1-4H3. The quantitative estimate of drug-likeness (QED) is 0.699. The van der Waals surface area contributed by atoms with Gasteiger partial charge in [0.25, 0.3) is 0 Å². The van der Waals surface area contributed by atoms with Crippen LogP contribution in [-0.4, -0.2) is 55.2 Å². The predicted molar refractivity (Wildman–Crippen MR) is 84.2 cm³/mol. The monoisotopic (exact) mass is 293 g/mol. The zero-order valence-electron chi connectivity index (χ0n) is 13.6. The molecule has 1 unspecified atom stereocenters. The van der Waals surface area contributed by atoms with Crippen LogP contribution in [0.4, 0.5) is 0 Å². The van der Waals surface area contributed by atoms with Gasteiger partial charge in [0.15, 0.2) is 0 Å². The fourth-order valence-corrected chi connectivity index (χ4v) is 2.27. The van der Waals surface area contributed by atoms with Crippen LogP contribution in [0.2, 0.25) is 0 Å². The molecule has 21 heavy (non-hydrogen) atoms. The lowest BCUT2D eigenvalue weighted by Crippen LogP contribution is -2.51. The van der Waals surface area contributed by atoms with Crippen molar-refractivity contribution in [3.05, 3.63) is 30.1 Å². The average molecular weight is 293 g/mol. The topological polar surface area (TPSA) is 54.5 Å². The largest absolute Gasteiger partial charge is 0.468 e. The van der Waals surface area contributed by atoms with Gasteiger partial charge in [0.2, 0.25) is 0 Å². The number of carbonyl (C=O) groups is 1. The molecular weight excluding hydrogens is 266 g/mol. The average Bonchev–Trinajstić information content (AvgIpc) is 2.51. The first-order valence-electron chi connectivity index (χ1n) is 7.42. The van der Waals surface area contributed by atoms with E-state index in [1.54, 1.807) is 0 Å². The summed E-state index contributed by atoms with van der Waals surface area (Å²) >= 11 is 0. The summed E-state index contributed by atoms with van der Waals surface area (Å²) in [5.74, 6) is -0.202. The van der Waals surface area contributed by atoms with Crippen LogP contribution in [0.5, 0.6) is 0 Å². The molecular formula is C16H27N3O2.